The van der Waals surface area contributed by atoms with Crippen LogP contribution in [-0.4, -0.2) is 142 Å². The summed E-state index contributed by atoms with van der Waals surface area (Å²) in [6.07, 6.45) is 41.0. The van der Waals surface area contributed by atoms with Gasteiger partial charge in [0.25, 0.3) is 0 Å². The van der Waals surface area contributed by atoms with Gasteiger partial charge >= 0.3 is 5.97 Å². The highest BCUT2D eigenvalue weighted by atomic mass is 16.7. The number of hydrogen-bond donors (Lipinski definition) is 7. The summed E-state index contributed by atoms with van der Waals surface area (Å²) in [6, 6.07) is 0. The smallest absolute Gasteiger partial charge is 0.306 e. The lowest BCUT2D eigenvalue weighted by Crippen LogP contribution is -2.61. The molecule has 0 aromatic heterocycles. The van der Waals surface area contributed by atoms with Gasteiger partial charge in [0.2, 0.25) is 0 Å². The summed E-state index contributed by atoms with van der Waals surface area (Å²) in [6.45, 7) is 3.54. The van der Waals surface area contributed by atoms with E-state index in [0.29, 0.717) is 13.0 Å². The molecule has 2 aliphatic rings. The number of ether oxygens (including phenoxy) is 6. The van der Waals surface area contributed by atoms with Crippen LogP contribution in [0, 0.1) is 0 Å². The minimum absolute atomic E-state index is 0.0482. The molecule has 14 heteroatoms. The highest BCUT2D eigenvalue weighted by molar-refractivity contribution is 5.69. The van der Waals surface area contributed by atoms with Gasteiger partial charge in [-0.05, 0) is 83.5 Å². The first-order valence-electron chi connectivity index (χ1n) is 28.5. The Morgan fingerprint density at radius 3 is 1.41 bits per heavy atom. The predicted molar refractivity (Wildman–Crippen MR) is 289 cm³/mol. The molecule has 2 aliphatic heterocycles. The van der Waals surface area contributed by atoms with Crippen LogP contribution in [-0.2, 0) is 33.2 Å². The van der Waals surface area contributed by atoms with Gasteiger partial charge in [-0.1, -0.05) is 177 Å². The van der Waals surface area contributed by atoms with Crippen molar-refractivity contribution < 1.29 is 69.0 Å². The number of unbranched alkanes of at least 4 members (excludes halogenated alkanes) is 19. The maximum absolute atomic E-state index is 13.1. The molecule has 0 bridgehead atoms. The number of aliphatic hydroxyl groups excluding tert-OH is 7. The fraction of sp³-hybridized carbons (Fsp3) is 0.780. The van der Waals surface area contributed by atoms with Crippen LogP contribution in [0.4, 0.5) is 0 Å². The Morgan fingerprint density at radius 1 is 0.466 bits per heavy atom. The third-order valence-electron chi connectivity index (χ3n) is 13.2. The van der Waals surface area contributed by atoms with E-state index in [-0.39, 0.29) is 19.6 Å². The standard InChI is InChI=1S/C59H102O14/c1-3-5-7-9-11-13-15-17-19-21-23-24-25-26-28-30-32-34-36-38-40-42-51(61)71-48(45-68-43-41-39-37-35-33-31-29-27-22-20-18-16-14-12-10-8-6-4-2)46-69-58-57(67)55(65)53(63)50(73-58)47-70-59-56(66)54(64)52(62)49(44-60)72-59/h5,7,11,13,17-20,23-24,26,28,48-50,52-60,62-67H,3-4,6,8-10,12,14-16,21-22,25,27,29-47H2,1-2H3/b7-5-,13-11-,19-17-,20-18-,24-23-,28-26-. The molecule has 2 heterocycles. The number of aliphatic hydroxyl groups is 7. The van der Waals surface area contributed by atoms with Gasteiger partial charge < -0.3 is 64.2 Å². The van der Waals surface area contributed by atoms with E-state index in [0.717, 1.165) is 83.5 Å². The molecule has 11 atom stereocenters. The quantitative estimate of drug-likeness (QED) is 0.0172. The van der Waals surface area contributed by atoms with Crippen molar-refractivity contribution >= 4 is 5.97 Å². The number of rotatable bonds is 45. The Kier molecular flexibility index (Phi) is 41.6. The zero-order valence-corrected chi connectivity index (χ0v) is 45.1. The minimum Gasteiger partial charge on any atom is -0.457 e. The van der Waals surface area contributed by atoms with E-state index in [1.807, 2.05) is 0 Å². The highest BCUT2D eigenvalue weighted by Gasteiger charge is 2.47. The van der Waals surface area contributed by atoms with E-state index < -0.39 is 86.7 Å². The average Bonchev–Trinajstić information content (AvgIpc) is 3.39. The van der Waals surface area contributed by atoms with Crippen molar-refractivity contribution in [2.24, 2.45) is 0 Å². The van der Waals surface area contributed by atoms with E-state index in [1.165, 1.54) is 83.5 Å². The van der Waals surface area contributed by atoms with E-state index in [4.69, 9.17) is 28.4 Å². The lowest BCUT2D eigenvalue weighted by atomic mass is 9.98. The van der Waals surface area contributed by atoms with Gasteiger partial charge in [0.15, 0.2) is 12.6 Å². The molecule has 0 aromatic rings. The van der Waals surface area contributed by atoms with Crippen molar-refractivity contribution in [2.45, 2.75) is 261 Å². The lowest BCUT2D eigenvalue weighted by Gasteiger charge is -2.42. The Balaban J connectivity index is 1.74. The maximum atomic E-state index is 13.1. The Morgan fingerprint density at radius 2 is 0.890 bits per heavy atom. The molecular formula is C59H102O14. The Bertz CT molecular complexity index is 1480. The third kappa shape index (κ3) is 32.6. The highest BCUT2D eigenvalue weighted by Crippen LogP contribution is 2.26. The molecule has 14 nitrogen and oxygen atoms in total. The van der Waals surface area contributed by atoms with Gasteiger partial charge in [-0.3, -0.25) is 4.79 Å². The van der Waals surface area contributed by atoms with Crippen molar-refractivity contribution in [3.05, 3.63) is 72.9 Å². The van der Waals surface area contributed by atoms with Crippen LogP contribution in [0.25, 0.3) is 0 Å². The summed E-state index contributed by atoms with van der Waals surface area (Å²) >= 11 is 0. The fourth-order valence-electron chi connectivity index (χ4n) is 8.60. The van der Waals surface area contributed by atoms with Crippen molar-refractivity contribution in [2.75, 3.05) is 33.0 Å². The maximum Gasteiger partial charge on any atom is 0.306 e. The van der Waals surface area contributed by atoms with Gasteiger partial charge in [-0.2, -0.15) is 0 Å². The van der Waals surface area contributed by atoms with Crippen molar-refractivity contribution in [3.63, 3.8) is 0 Å². The molecule has 422 valence electrons. The third-order valence-corrected chi connectivity index (χ3v) is 13.2. The topological polar surface area (TPSA) is 214 Å². The number of esters is 1. The summed E-state index contributed by atoms with van der Waals surface area (Å²) in [5, 5.41) is 72.3. The first kappa shape index (κ1) is 66.5. The largest absolute Gasteiger partial charge is 0.457 e. The zero-order chi connectivity index (χ0) is 53.0. The normalized spacial score (nSPS) is 25.5. The minimum atomic E-state index is -1.71. The second-order valence-electron chi connectivity index (χ2n) is 19.7. The predicted octanol–water partition coefficient (Wildman–Crippen LogP) is 9.86. The summed E-state index contributed by atoms with van der Waals surface area (Å²) in [5.74, 6) is -0.397. The molecular weight excluding hydrogens is 933 g/mol. The fourth-order valence-corrected chi connectivity index (χ4v) is 8.60. The van der Waals surface area contributed by atoms with Gasteiger partial charge in [-0.25, -0.2) is 0 Å². The van der Waals surface area contributed by atoms with Crippen LogP contribution in [0.3, 0.4) is 0 Å². The molecule has 2 rings (SSSR count). The number of allylic oxidation sites excluding steroid dienone is 12. The molecule has 2 fully saturated rings. The molecule has 0 radical (unpaired) electrons. The summed E-state index contributed by atoms with van der Waals surface area (Å²) in [7, 11) is 0. The second-order valence-corrected chi connectivity index (χ2v) is 19.7. The molecule has 0 aromatic carbocycles. The van der Waals surface area contributed by atoms with Gasteiger partial charge in [0, 0.05) is 13.0 Å². The molecule has 73 heavy (non-hydrogen) atoms. The second kappa shape index (κ2) is 45.6. The molecule has 2 saturated heterocycles. The molecule has 0 aliphatic carbocycles. The van der Waals surface area contributed by atoms with E-state index in [2.05, 4.69) is 86.8 Å². The van der Waals surface area contributed by atoms with Gasteiger partial charge in [0.05, 0.1) is 26.4 Å². The van der Waals surface area contributed by atoms with Gasteiger partial charge in [0.1, 0.15) is 54.9 Å². The average molecular weight is 1040 g/mol. The van der Waals surface area contributed by atoms with Crippen molar-refractivity contribution in [3.8, 4) is 0 Å². The molecule has 7 N–H and O–H groups in total. The first-order chi connectivity index (χ1) is 35.6. The van der Waals surface area contributed by atoms with Crippen molar-refractivity contribution in [1.29, 1.82) is 0 Å². The van der Waals surface area contributed by atoms with E-state index >= 15 is 0 Å². The van der Waals surface area contributed by atoms with E-state index in [1.54, 1.807) is 0 Å². The molecule has 0 spiro atoms. The number of hydrogen-bond acceptors (Lipinski definition) is 14. The Hall–Kier alpha value is -2.57. The van der Waals surface area contributed by atoms with Crippen LogP contribution in [0.2, 0.25) is 0 Å². The summed E-state index contributed by atoms with van der Waals surface area (Å²) < 4.78 is 34.4. The van der Waals surface area contributed by atoms with Crippen molar-refractivity contribution in [1.82, 2.24) is 0 Å². The molecule has 11 unspecified atom stereocenters. The summed E-state index contributed by atoms with van der Waals surface area (Å²) in [5.41, 5.74) is 0. The molecule has 0 saturated carbocycles. The summed E-state index contributed by atoms with van der Waals surface area (Å²) in [4.78, 5) is 13.1. The zero-order valence-electron chi connectivity index (χ0n) is 45.1. The lowest BCUT2D eigenvalue weighted by molar-refractivity contribution is -0.332. The first-order valence-corrected chi connectivity index (χ1v) is 28.5. The van der Waals surface area contributed by atoms with E-state index in [9.17, 15) is 40.5 Å². The number of carbonyl (C=O) groups excluding carboxylic acids is 1. The van der Waals surface area contributed by atoms with Crippen LogP contribution in [0.1, 0.15) is 194 Å². The van der Waals surface area contributed by atoms with Gasteiger partial charge in [-0.15, -0.1) is 0 Å². The van der Waals surface area contributed by atoms with Crippen LogP contribution < -0.4 is 0 Å². The van der Waals surface area contributed by atoms with Crippen LogP contribution in [0.5, 0.6) is 0 Å². The van der Waals surface area contributed by atoms with Crippen LogP contribution in [0.15, 0.2) is 72.9 Å². The van der Waals surface area contributed by atoms with Crippen LogP contribution >= 0.6 is 0 Å². The Labute approximate surface area is 440 Å². The monoisotopic (exact) mass is 1030 g/mol. The number of carbonyl (C=O) groups is 1. The SMILES string of the molecule is CC/C=C\C/C=C\C/C=C\C/C=C\C/C=C\CCCCCCCC(=O)OC(COCCCCCCCCCC/C=C\CCCCCCCC)COC1OC(COC2OC(CO)C(O)C(O)C2O)C(O)C(O)C1O. The molecule has 0 amide bonds.